The van der Waals surface area contributed by atoms with Gasteiger partial charge in [-0.2, -0.15) is 0 Å². The summed E-state index contributed by atoms with van der Waals surface area (Å²) in [6.45, 7) is 3.57. The van der Waals surface area contributed by atoms with Gasteiger partial charge in [0.25, 0.3) is 0 Å². The Hall–Kier alpha value is -0.720. The Labute approximate surface area is 74.8 Å². The van der Waals surface area contributed by atoms with Crippen molar-refractivity contribution in [1.29, 1.82) is 0 Å². The first kappa shape index (κ1) is 7.90. The molecule has 2 aliphatic rings. The lowest BCUT2D eigenvalue weighted by atomic mass is 9.89. The number of allylic oxidation sites excluding steroid dienone is 3. The van der Waals surface area contributed by atoms with E-state index in [1.165, 1.54) is 31.5 Å². The third kappa shape index (κ3) is 1.28. The summed E-state index contributed by atoms with van der Waals surface area (Å²) in [6.07, 6.45) is 8.46. The highest BCUT2D eigenvalue weighted by atomic mass is 15.1. The smallest absolute Gasteiger partial charge is 0.0352 e. The van der Waals surface area contributed by atoms with Crippen LogP contribution in [0, 0.1) is 5.92 Å². The van der Waals surface area contributed by atoms with Crippen LogP contribution in [0.5, 0.6) is 0 Å². The first-order valence-corrected chi connectivity index (χ1v) is 4.87. The van der Waals surface area contributed by atoms with E-state index >= 15 is 0 Å². The van der Waals surface area contributed by atoms with Crippen molar-refractivity contribution in [2.45, 2.75) is 26.2 Å². The fourth-order valence-corrected chi connectivity index (χ4v) is 2.35. The molecule has 1 unspecified atom stereocenters. The molecule has 0 aromatic carbocycles. The second-order valence-electron chi connectivity index (χ2n) is 4.12. The molecule has 1 aliphatic carbocycles. The molecular formula is C11H17N. The predicted molar refractivity (Wildman–Crippen MR) is 51.8 cm³/mol. The molecule has 0 aromatic rings. The third-order valence-electron chi connectivity index (χ3n) is 2.84. The molecule has 1 aliphatic heterocycles. The molecule has 0 amide bonds. The van der Waals surface area contributed by atoms with Crippen molar-refractivity contribution in [1.82, 2.24) is 4.90 Å². The van der Waals surface area contributed by atoms with Crippen LogP contribution in [0.2, 0.25) is 0 Å². The van der Waals surface area contributed by atoms with Crippen LogP contribution in [-0.2, 0) is 0 Å². The summed E-state index contributed by atoms with van der Waals surface area (Å²) in [5, 5.41) is 0. The van der Waals surface area contributed by atoms with Crippen LogP contribution in [0.15, 0.2) is 23.4 Å². The molecule has 2 rings (SSSR count). The number of likely N-dealkylation sites (N-methyl/N-ethyl adjacent to an activating group) is 1. The van der Waals surface area contributed by atoms with Gasteiger partial charge in [-0.3, -0.25) is 0 Å². The average Bonchev–Trinajstić information content (AvgIpc) is 2.04. The first-order chi connectivity index (χ1) is 5.77. The quantitative estimate of drug-likeness (QED) is 0.530. The summed E-state index contributed by atoms with van der Waals surface area (Å²) in [5.41, 5.74) is 3.18. The van der Waals surface area contributed by atoms with Gasteiger partial charge >= 0.3 is 0 Å². The van der Waals surface area contributed by atoms with Gasteiger partial charge in [-0.05, 0) is 36.8 Å². The lowest BCUT2D eigenvalue weighted by Crippen LogP contribution is -2.30. The summed E-state index contributed by atoms with van der Waals surface area (Å²) in [6, 6.07) is 0. The largest absolute Gasteiger partial charge is 0.374 e. The summed E-state index contributed by atoms with van der Waals surface area (Å²) in [7, 11) is 2.21. The minimum absolute atomic E-state index is 0.847. The first-order valence-electron chi connectivity index (χ1n) is 4.87. The van der Waals surface area contributed by atoms with Gasteiger partial charge in [0.15, 0.2) is 0 Å². The standard InChI is InChI=1S/C11H17N/c1-9-7-10-5-3-4-6-11(10)12(2)8-9/h4,6,9H,3,5,7-8H2,1-2H3. The van der Waals surface area contributed by atoms with E-state index in [-0.39, 0.29) is 0 Å². The molecule has 1 nitrogen and oxygen atoms in total. The van der Waals surface area contributed by atoms with E-state index in [1.807, 2.05) is 0 Å². The highest BCUT2D eigenvalue weighted by Crippen LogP contribution is 2.31. The normalized spacial score (nSPS) is 29.2. The number of nitrogens with zero attached hydrogens (tertiary/aromatic N) is 1. The van der Waals surface area contributed by atoms with Gasteiger partial charge in [0, 0.05) is 19.3 Å². The maximum Gasteiger partial charge on any atom is 0.0352 e. The zero-order valence-corrected chi connectivity index (χ0v) is 8.01. The van der Waals surface area contributed by atoms with E-state index in [9.17, 15) is 0 Å². The molecule has 0 N–H and O–H groups in total. The molecular weight excluding hydrogens is 146 g/mol. The Kier molecular flexibility index (Phi) is 1.95. The Balaban J connectivity index is 2.27. The van der Waals surface area contributed by atoms with Crippen LogP contribution < -0.4 is 0 Å². The second kappa shape index (κ2) is 2.96. The van der Waals surface area contributed by atoms with Gasteiger partial charge in [-0.1, -0.05) is 13.0 Å². The van der Waals surface area contributed by atoms with Crippen LogP contribution in [0.4, 0.5) is 0 Å². The number of hydrogen-bond donors (Lipinski definition) is 0. The lowest BCUT2D eigenvalue weighted by molar-refractivity contribution is 0.316. The minimum Gasteiger partial charge on any atom is -0.374 e. The monoisotopic (exact) mass is 163 g/mol. The lowest BCUT2D eigenvalue weighted by Gasteiger charge is -2.34. The highest BCUT2D eigenvalue weighted by molar-refractivity contribution is 5.30. The zero-order chi connectivity index (χ0) is 8.55. The SMILES string of the molecule is CC1CC2=C(C=CCC2)N(C)C1. The second-order valence-corrected chi connectivity index (χ2v) is 4.12. The van der Waals surface area contributed by atoms with Gasteiger partial charge in [-0.15, -0.1) is 0 Å². The van der Waals surface area contributed by atoms with Gasteiger partial charge in [0.2, 0.25) is 0 Å². The Morgan fingerprint density at radius 2 is 2.33 bits per heavy atom. The number of hydrogen-bond acceptors (Lipinski definition) is 1. The van der Waals surface area contributed by atoms with Crippen molar-refractivity contribution in [3.63, 3.8) is 0 Å². The van der Waals surface area contributed by atoms with Gasteiger partial charge in [-0.25, -0.2) is 0 Å². The molecule has 0 fully saturated rings. The van der Waals surface area contributed by atoms with Crippen LogP contribution in [-0.4, -0.2) is 18.5 Å². The summed E-state index contributed by atoms with van der Waals surface area (Å²) < 4.78 is 0. The molecule has 0 bridgehead atoms. The van der Waals surface area contributed by atoms with Crippen molar-refractivity contribution in [2.24, 2.45) is 5.92 Å². The van der Waals surface area contributed by atoms with Gasteiger partial charge < -0.3 is 4.90 Å². The number of rotatable bonds is 0. The van der Waals surface area contributed by atoms with E-state index in [2.05, 4.69) is 31.0 Å². The fraction of sp³-hybridized carbons (Fsp3) is 0.636. The van der Waals surface area contributed by atoms with Crippen LogP contribution in [0.3, 0.4) is 0 Å². The molecule has 0 saturated heterocycles. The minimum atomic E-state index is 0.847. The van der Waals surface area contributed by atoms with Gasteiger partial charge in [0.1, 0.15) is 0 Å². The van der Waals surface area contributed by atoms with E-state index < -0.39 is 0 Å². The van der Waals surface area contributed by atoms with E-state index in [1.54, 1.807) is 5.57 Å². The summed E-state index contributed by atoms with van der Waals surface area (Å²) >= 11 is 0. The maximum atomic E-state index is 2.40. The Morgan fingerprint density at radius 3 is 3.17 bits per heavy atom. The molecule has 1 atom stereocenters. The van der Waals surface area contributed by atoms with Crippen LogP contribution in [0.25, 0.3) is 0 Å². The molecule has 12 heavy (non-hydrogen) atoms. The van der Waals surface area contributed by atoms with Crippen LogP contribution >= 0.6 is 0 Å². The molecule has 0 spiro atoms. The van der Waals surface area contributed by atoms with Crippen molar-refractivity contribution in [3.8, 4) is 0 Å². The zero-order valence-electron chi connectivity index (χ0n) is 8.01. The van der Waals surface area contributed by atoms with Crippen molar-refractivity contribution in [2.75, 3.05) is 13.6 Å². The highest BCUT2D eigenvalue weighted by Gasteiger charge is 2.21. The molecule has 66 valence electrons. The van der Waals surface area contributed by atoms with Crippen molar-refractivity contribution >= 4 is 0 Å². The van der Waals surface area contributed by atoms with E-state index in [4.69, 9.17) is 0 Å². The van der Waals surface area contributed by atoms with E-state index in [0.29, 0.717) is 0 Å². The molecule has 0 radical (unpaired) electrons. The van der Waals surface area contributed by atoms with Gasteiger partial charge in [0.05, 0.1) is 0 Å². The molecule has 1 heterocycles. The van der Waals surface area contributed by atoms with Crippen LogP contribution in [0.1, 0.15) is 26.2 Å². The van der Waals surface area contributed by atoms with Crippen molar-refractivity contribution in [3.05, 3.63) is 23.4 Å². The molecule has 0 saturated carbocycles. The average molecular weight is 163 g/mol. The molecule has 1 heteroatoms. The third-order valence-corrected chi connectivity index (χ3v) is 2.84. The molecule has 0 aromatic heterocycles. The summed E-state index contributed by atoms with van der Waals surface area (Å²) in [4.78, 5) is 2.40. The Morgan fingerprint density at radius 1 is 1.50 bits per heavy atom. The van der Waals surface area contributed by atoms with E-state index in [0.717, 1.165) is 5.92 Å². The Bertz CT molecular complexity index is 237. The fourth-order valence-electron chi connectivity index (χ4n) is 2.35. The predicted octanol–water partition coefficient (Wildman–Crippen LogP) is 2.56. The maximum absolute atomic E-state index is 2.40. The summed E-state index contributed by atoms with van der Waals surface area (Å²) in [5.74, 6) is 0.847. The topological polar surface area (TPSA) is 3.24 Å². The van der Waals surface area contributed by atoms with Crippen molar-refractivity contribution < 1.29 is 0 Å².